The average molecular weight is 254 g/mol. The standard InChI is InChI=1S/C14H20ClNO/c1-11(10-17)13-9-12(15)5-6-14(13)16-7-3-2-4-8-16/h5-6,9,11,17H,2-4,7-8,10H2,1H3. The quantitative estimate of drug-likeness (QED) is 0.892. The van der Waals surface area contributed by atoms with E-state index in [0.717, 1.165) is 18.1 Å². The van der Waals surface area contributed by atoms with Crippen molar-refractivity contribution >= 4 is 17.3 Å². The molecule has 1 unspecified atom stereocenters. The Hall–Kier alpha value is -0.730. The van der Waals surface area contributed by atoms with Crippen molar-refractivity contribution in [2.24, 2.45) is 0 Å². The zero-order valence-electron chi connectivity index (χ0n) is 10.3. The van der Waals surface area contributed by atoms with E-state index in [1.807, 2.05) is 19.1 Å². The van der Waals surface area contributed by atoms with E-state index in [4.69, 9.17) is 11.6 Å². The second kappa shape index (κ2) is 5.74. The summed E-state index contributed by atoms with van der Waals surface area (Å²) in [5.41, 5.74) is 2.41. The lowest BCUT2D eigenvalue weighted by molar-refractivity contribution is 0.273. The molecule has 1 aliphatic rings. The summed E-state index contributed by atoms with van der Waals surface area (Å²) in [6.45, 7) is 4.44. The van der Waals surface area contributed by atoms with Crippen LogP contribution in [0, 0.1) is 0 Å². The topological polar surface area (TPSA) is 23.5 Å². The Morgan fingerprint density at radius 1 is 1.29 bits per heavy atom. The molecule has 2 rings (SSSR count). The Bertz CT molecular complexity index is 374. The fourth-order valence-electron chi connectivity index (χ4n) is 2.44. The first-order valence-electron chi connectivity index (χ1n) is 6.37. The highest BCUT2D eigenvalue weighted by molar-refractivity contribution is 6.30. The molecule has 0 bridgehead atoms. The van der Waals surface area contributed by atoms with Crippen LogP contribution in [0.5, 0.6) is 0 Å². The van der Waals surface area contributed by atoms with Gasteiger partial charge in [0.1, 0.15) is 0 Å². The molecule has 17 heavy (non-hydrogen) atoms. The number of benzene rings is 1. The molecule has 1 fully saturated rings. The monoisotopic (exact) mass is 253 g/mol. The van der Waals surface area contributed by atoms with Gasteiger partial charge in [0.25, 0.3) is 0 Å². The Labute approximate surface area is 108 Å². The van der Waals surface area contributed by atoms with E-state index < -0.39 is 0 Å². The lowest BCUT2D eigenvalue weighted by atomic mass is 9.98. The van der Waals surface area contributed by atoms with E-state index in [2.05, 4.69) is 11.0 Å². The van der Waals surface area contributed by atoms with Gasteiger partial charge in [-0.15, -0.1) is 0 Å². The maximum absolute atomic E-state index is 9.34. The summed E-state index contributed by atoms with van der Waals surface area (Å²) in [6, 6.07) is 6.03. The maximum atomic E-state index is 9.34. The Balaban J connectivity index is 2.30. The molecule has 1 heterocycles. The first-order valence-corrected chi connectivity index (χ1v) is 6.75. The van der Waals surface area contributed by atoms with E-state index in [1.165, 1.54) is 30.5 Å². The number of hydrogen-bond donors (Lipinski definition) is 1. The van der Waals surface area contributed by atoms with E-state index in [1.54, 1.807) is 0 Å². The van der Waals surface area contributed by atoms with Gasteiger partial charge in [0, 0.05) is 36.3 Å². The molecule has 1 saturated heterocycles. The van der Waals surface area contributed by atoms with Gasteiger partial charge in [-0.2, -0.15) is 0 Å². The molecule has 1 aromatic rings. The van der Waals surface area contributed by atoms with Crippen LogP contribution in [-0.4, -0.2) is 24.8 Å². The largest absolute Gasteiger partial charge is 0.396 e. The zero-order chi connectivity index (χ0) is 12.3. The number of aliphatic hydroxyl groups is 1. The lowest BCUT2D eigenvalue weighted by Gasteiger charge is -2.31. The number of nitrogens with zero attached hydrogens (tertiary/aromatic N) is 1. The third-order valence-corrected chi connectivity index (χ3v) is 3.73. The summed E-state index contributed by atoms with van der Waals surface area (Å²) in [4.78, 5) is 2.42. The molecule has 0 amide bonds. The summed E-state index contributed by atoms with van der Waals surface area (Å²) in [7, 11) is 0. The molecule has 3 heteroatoms. The van der Waals surface area contributed by atoms with E-state index in [9.17, 15) is 5.11 Å². The molecule has 0 radical (unpaired) electrons. The van der Waals surface area contributed by atoms with Crippen molar-refractivity contribution in [3.63, 3.8) is 0 Å². The minimum Gasteiger partial charge on any atom is -0.396 e. The van der Waals surface area contributed by atoms with Crippen LogP contribution in [-0.2, 0) is 0 Å². The summed E-state index contributed by atoms with van der Waals surface area (Å²) in [5.74, 6) is 0.144. The SMILES string of the molecule is CC(CO)c1cc(Cl)ccc1N1CCCCC1. The lowest BCUT2D eigenvalue weighted by Crippen LogP contribution is -2.30. The molecule has 0 saturated carbocycles. The molecule has 94 valence electrons. The molecule has 0 aromatic heterocycles. The van der Waals surface area contributed by atoms with Crippen molar-refractivity contribution in [2.75, 3.05) is 24.6 Å². The van der Waals surface area contributed by atoms with Gasteiger partial charge < -0.3 is 10.0 Å². The second-order valence-corrected chi connectivity index (χ2v) is 5.27. The number of anilines is 1. The first kappa shape index (κ1) is 12.7. The molecular weight excluding hydrogens is 234 g/mol. The third kappa shape index (κ3) is 2.93. The van der Waals surface area contributed by atoms with Crippen molar-refractivity contribution in [1.29, 1.82) is 0 Å². The minimum atomic E-state index is 0.144. The number of halogens is 1. The Morgan fingerprint density at radius 3 is 2.65 bits per heavy atom. The van der Waals surface area contributed by atoms with Crippen molar-refractivity contribution in [3.8, 4) is 0 Å². The van der Waals surface area contributed by atoms with Crippen LogP contribution < -0.4 is 4.90 Å². The van der Waals surface area contributed by atoms with Gasteiger partial charge in [-0.05, 0) is 43.0 Å². The average Bonchev–Trinajstić information content (AvgIpc) is 2.38. The van der Waals surface area contributed by atoms with Gasteiger partial charge >= 0.3 is 0 Å². The highest BCUT2D eigenvalue weighted by atomic mass is 35.5. The van der Waals surface area contributed by atoms with E-state index in [-0.39, 0.29) is 12.5 Å². The molecule has 1 atom stereocenters. The summed E-state index contributed by atoms with van der Waals surface area (Å²) < 4.78 is 0. The maximum Gasteiger partial charge on any atom is 0.0497 e. The van der Waals surface area contributed by atoms with Crippen LogP contribution in [0.4, 0.5) is 5.69 Å². The molecular formula is C14H20ClNO. The number of piperidine rings is 1. The van der Waals surface area contributed by atoms with Crippen molar-refractivity contribution in [3.05, 3.63) is 28.8 Å². The summed E-state index contributed by atoms with van der Waals surface area (Å²) in [6.07, 6.45) is 3.85. The molecule has 1 aliphatic heterocycles. The van der Waals surface area contributed by atoms with Gasteiger partial charge in [-0.3, -0.25) is 0 Å². The normalized spacial score (nSPS) is 18.2. The van der Waals surface area contributed by atoms with Gasteiger partial charge in [-0.25, -0.2) is 0 Å². The van der Waals surface area contributed by atoms with Gasteiger partial charge in [0.05, 0.1) is 0 Å². The first-order chi connectivity index (χ1) is 8.22. The van der Waals surface area contributed by atoms with Gasteiger partial charge in [0.15, 0.2) is 0 Å². The smallest absolute Gasteiger partial charge is 0.0497 e. The van der Waals surface area contributed by atoms with Gasteiger partial charge in [0.2, 0.25) is 0 Å². The number of rotatable bonds is 3. The van der Waals surface area contributed by atoms with E-state index >= 15 is 0 Å². The zero-order valence-corrected chi connectivity index (χ0v) is 11.1. The number of aliphatic hydroxyl groups excluding tert-OH is 1. The fourth-order valence-corrected chi connectivity index (χ4v) is 2.62. The third-order valence-electron chi connectivity index (χ3n) is 3.49. The predicted octanol–water partition coefficient (Wildman–Crippen LogP) is 3.43. The van der Waals surface area contributed by atoms with Gasteiger partial charge in [-0.1, -0.05) is 18.5 Å². The minimum absolute atomic E-state index is 0.144. The van der Waals surface area contributed by atoms with Crippen LogP contribution in [0.1, 0.15) is 37.7 Å². The molecule has 1 N–H and O–H groups in total. The predicted molar refractivity (Wildman–Crippen MR) is 73.0 cm³/mol. The summed E-state index contributed by atoms with van der Waals surface area (Å²) >= 11 is 6.06. The van der Waals surface area contributed by atoms with Crippen LogP contribution in [0.15, 0.2) is 18.2 Å². The van der Waals surface area contributed by atoms with Crippen LogP contribution in [0.3, 0.4) is 0 Å². The fraction of sp³-hybridized carbons (Fsp3) is 0.571. The molecule has 2 nitrogen and oxygen atoms in total. The van der Waals surface area contributed by atoms with Crippen LogP contribution in [0.25, 0.3) is 0 Å². The Kier molecular flexibility index (Phi) is 4.30. The van der Waals surface area contributed by atoms with Crippen molar-refractivity contribution in [2.45, 2.75) is 32.1 Å². The summed E-state index contributed by atoms with van der Waals surface area (Å²) in [5, 5.41) is 10.1. The van der Waals surface area contributed by atoms with Crippen LogP contribution in [0.2, 0.25) is 5.02 Å². The molecule has 0 aliphatic carbocycles. The van der Waals surface area contributed by atoms with Crippen molar-refractivity contribution in [1.82, 2.24) is 0 Å². The number of hydrogen-bond acceptors (Lipinski definition) is 2. The van der Waals surface area contributed by atoms with Crippen molar-refractivity contribution < 1.29 is 5.11 Å². The van der Waals surface area contributed by atoms with Crippen LogP contribution >= 0.6 is 11.6 Å². The highest BCUT2D eigenvalue weighted by Crippen LogP contribution is 2.31. The highest BCUT2D eigenvalue weighted by Gasteiger charge is 2.17. The molecule has 0 spiro atoms. The molecule has 1 aromatic carbocycles. The Morgan fingerprint density at radius 2 is 2.00 bits per heavy atom. The van der Waals surface area contributed by atoms with E-state index in [0.29, 0.717) is 0 Å². The second-order valence-electron chi connectivity index (χ2n) is 4.83.